The van der Waals surface area contributed by atoms with Gasteiger partial charge in [0, 0.05) is 11.4 Å². The molecule has 200 valence electrons. The summed E-state index contributed by atoms with van der Waals surface area (Å²) in [6, 6.07) is 19.2. The fraction of sp³-hybridized carbons (Fsp3) is 0.233. The van der Waals surface area contributed by atoms with E-state index in [0.717, 1.165) is 22.4 Å². The van der Waals surface area contributed by atoms with Crippen LogP contribution in [0.3, 0.4) is 0 Å². The maximum atomic E-state index is 13.7. The highest BCUT2D eigenvalue weighted by Crippen LogP contribution is 2.43. The Bertz CT molecular complexity index is 1540. The van der Waals surface area contributed by atoms with E-state index in [-0.39, 0.29) is 5.91 Å². The van der Waals surface area contributed by atoms with Crippen molar-refractivity contribution in [2.24, 2.45) is 0 Å². The lowest BCUT2D eigenvalue weighted by molar-refractivity contribution is -0.113. The lowest BCUT2D eigenvalue weighted by Gasteiger charge is -2.29. The highest BCUT2D eigenvalue weighted by atomic mass is 79.9. The fourth-order valence-electron chi connectivity index (χ4n) is 4.60. The number of nitrogens with zero attached hydrogens (tertiary/aromatic N) is 3. The van der Waals surface area contributed by atoms with Crippen molar-refractivity contribution in [1.82, 2.24) is 14.8 Å². The normalized spacial score (nSPS) is 14.4. The number of fused-ring (bicyclic) bond motifs is 1. The Labute approximate surface area is 236 Å². The lowest BCUT2D eigenvalue weighted by atomic mass is 9.94. The monoisotopic (exact) mass is 587 g/mol. The Balaban J connectivity index is 1.52. The second-order valence-electron chi connectivity index (χ2n) is 9.46. The minimum Gasteiger partial charge on any atom is -0.490 e. The lowest BCUT2D eigenvalue weighted by Crippen LogP contribution is -2.31. The van der Waals surface area contributed by atoms with Gasteiger partial charge in [0.2, 0.25) is 5.95 Å². The summed E-state index contributed by atoms with van der Waals surface area (Å²) in [5.74, 6) is 1.49. The minimum absolute atomic E-state index is 0.231. The number of hydrogen-bond donors (Lipinski definition) is 2. The second kappa shape index (κ2) is 11.3. The van der Waals surface area contributed by atoms with Gasteiger partial charge in [-0.2, -0.15) is 10.1 Å². The zero-order valence-electron chi connectivity index (χ0n) is 22.3. The standard InChI is InChI=1S/C30H30BrN5O3/c1-5-38-25-15-22(14-24(31)28(25)39-16-21-11-9-18(2)10-12-21)27-26(20(4)34-30-32-17-33-36(27)30)29(37)35-23-8-6-7-19(3)13-23/h6-15,17,27H,5,16H2,1-4H3,(H,35,37)(H,32,33,34). The van der Waals surface area contributed by atoms with Crippen LogP contribution in [0, 0.1) is 13.8 Å². The summed E-state index contributed by atoms with van der Waals surface area (Å²) in [5, 5.41) is 10.7. The van der Waals surface area contributed by atoms with Gasteiger partial charge in [-0.3, -0.25) is 4.79 Å². The van der Waals surface area contributed by atoms with E-state index in [1.54, 1.807) is 4.68 Å². The molecule has 1 aromatic heterocycles. The third-order valence-corrected chi connectivity index (χ3v) is 7.06. The van der Waals surface area contributed by atoms with Crippen molar-refractivity contribution in [3.8, 4) is 11.5 Å². The van der Waals surface area contributed by atoms with Crippen LogP contribution in [0.1, 0.15) is 42.1 Å². The van der Waals surface area contributed by atoms with Crippen LogP contribution < -0.4 is 20.1 Å². The van der Waals surface area contributed by atoms with Crippen LogP contribution in [0.4, 0.5) is 11.6 Å². The van der Waals surface area contributed by atoms with Crippen molar-refractivity contribution in [1.29, 1.82) is 0 Å². The summed E-state index contributed by atoms with van der Waals surface area (Å²) in [6.07, 6.45) is 1.47. The Morgan fingerprint density at radius 2 is 1.85 bits per heavy atom. The number of halogens is 1. The summed E-state index contributed by atoms with van der Waals surface area (Å²) < 4.78 is 14.7. The third-order valence-electron chi connectivity index (χ3n) is 6.47. The molecule has 3 aromatic carbocycles. The number of rotatable bonds is 8. The molecule has 0 aliphatic carbocycles. The first-order valence-electron chi connectivity index (χ1n) is 12.7. The van der Waals surface area contributed by atoms with E-state index >= 15 is 0 Å². The number of carbonyl (C=O) groups excluding carboxylic acids is 1. The molecule has 39 heavy (non-hydrogen) atoms. The van der Waals surface area contributed by atoms with Crippen LogP contribution in [0.25, 0.3) is 0 Å². The number of nitrogens with one attached hydrogen (secondary N) is 2. The molecule has 1 aliphatic heterocycles. The number of hydrogen-bond acceptors (Lipinski definition) is 6. The molecule has 0 radical (unpaired) electrons. The molecule has 1 aliphatic rings. The van der Waals surface area contributed by atoms with Gasteiger partial charge in [-0.1, -0.05) is 42.0 Å². The molecule has 0 saturated heterocycles. The molecule has 1 atom stereocenters. The first kappa shape index (κ1) is 26.5. The Kier molecular flexibility index (Phi) is 7.70. The Morgan fingerprint density at radius 1 is 1.05 bits per heavy atom. The van der Waals surface area contributed by atoms with E-state index in [1.165, 1.54) is 11.9 Å². The van der Waals surface area contributed by atoms with Crippen LogP contribution in [0.15, 0.2) is 82.7 Å². The van der Waals surface area contributed by atoms with Crippen molar-refractivity contribution < 1.29 is 14.3 Å². The molecule has 0 fully saturated rings. The molecule has 8 nitrogen and oxygen atoms in total. The van der Waals surface area contributed by atoms with Gasteiger partial charge in [-0.15, -0.1) is 0 Å². The average Bonchev–Trinajstić information content (AvgIpc) is 3.36. The first-order chi connectivity index (χ1) is 18.8. The zero-order valence-corrected chi connectivity index (χ0v) is 23.9. The number of ether oxygens (including phenoxy) is 2. The summed E-state index contributed by atoms with van der Waals surface area (Å²) >= 11 is 3.70. The summed E-state index contributed by atoms with van der Waals surface area (Å²) in [6.45, 7) is 8.68. The van der Waals surface area contributed by atoms with Gasteiger partial charge < -0.3 is 20.1 Å². The molecule has 0 saturated carbocycles. The number of aryl methyl sites for hydroxylation is 2. The molecule has 0 spiro atoms. The van der Waals surface area contributed by atoms with Gasteiger partial charge in [0.15, 0.2) is 11.5 Å². The van der Waals surface area contributed by atoms with Crippen LogP contribution in [-0.2, 0) is 11.4 Å². The van der Waals surface area contributed by atoms with E-state index in [9.17, 15) is 4.79 Å². The fourth-order valence-corrected chi connectivity index (χ4v) is 5.18. The van der Waals surface area contributed by atoms with E-state index < -0.39 is 6.04 Å². The molecular formula is C30H30BrN5O3. The third kappa shape index (κ3) is 5.68. The number of anilines is 2. The SMILES string of the molecule is CCOc1cc(C2C(C(=O)Nc3cccc(C)c3)=C(C)Nc3ncnn32)cc(Br)c1OCc1ccc(C)cc1. The van der Waals surface area contributed by atoms with Gasteiger partial charge >= 0.3 is 0 Å². The quantitative estimate of drug-likeness (QED) is 0.242. The van der Waals surface area contributed by atoms with Crippen molar-refractivity contribution in [2.75, 3.05) is 17.2 Å². The smallest absolute Gasteiger partial charge is 0.255 e. The second-order valence-corrected chi connectivity index (χ2v) is 10.3. The van der Waals surface area contributed by atoms with Crippen molar-refractivity contribution in [3.63, 3.8) is 0 Å². The van der Waals surface area contributed by atoms with Crippen molar-refractivity contribution in [2.45, 2.75) is 40.3 Å². The first-order valence-corrected chi connectivity index (χ1v) is 13.5. The van der Waals surface area contributed by atoms with Crippen molar-refractivity contribution >= 4 is 33.5 Å². The molecule has 5 rings (SSSR count). The molecule has 0 bridgehead atoms. The zero-order chi connectivity index (χ0) is 27.5. The average molecular weight is 589 g/mol. The van der Waals surface area contributed by atoms with Crippen molar-refractivity contribution in [3.05, 3.63) is 105 Å². The van der Waals surface area contributed by atoms with Crippen LogP contribution in [0.2, 0.25) is 0 Å². The molecule has 2 N–H and O–H groups in total. The number of benzene rings is 3. The summed E-state index contributed by atoms with van der Waals surface area (Å²) in [4.78, 5) is 18.1. The summed E-state index contributed by atoms with van der Waals surface area (Å²) in [7, 11) is 0. The summed E-state index contributed by atoms with van der Waals surface area (Å²) in [5.41, 5.74) is 6.05. The maximum Gasteiger partial charge on any atom is 0.255 e. The van der Waals surface area contributed by atoms with Gasteiger partial charge in [-0.25, -0.2) is 4.68 Å². The van der Waals surface area contributed by atoms with Gasteiger partial charge in [0.1, 0.15) is 19.0 Å². The molecule has 4 aromatic rings. The van der Waals surface area contributed by atoms with Crippen LogP contribution in [0.5, 0.6) is 11.5 Å². The van der Waals surface area contributed by atoms with Crippen LogP contribution in [-0.4, -0.2) is 27.3 Å². The van der Waals surface area contributed by atoms with Gasteiger partial charge in [0.25, 0.3) is 5.91 Å². The number of amides is 1. The number of carbonyl (C=O) groups is 1. The molecule has 9 heteroatoms. The van der Waals surface area contributed by atoms with Gasteiger partial charge in [0.05, 0.1) is 16.7 Å². The number of aromatic nitrogens is 3. The van der Waals surface area contributed by atoms with Crippen LogP contribution >= 0.6 is 15.9 Å². The van der Waals surface area contributed by atoms with Gasteiger partial charge in [-0.05, 0) is 84.6 Å². The van der Waals surface area contributed by atoms with E-state index in [0.29, 0.717) is 46.4 Å². The predicted octanol–water partition coefficient (Wildman–Crippen LogP) is 6.56. The minimum atomic E-state index is -0.546. The molecule has 2 heterocycles. The predicted molar refractivity (Wildman–Crippen MR) is 155 cm³/mol. The highest BCUT2D eigenvalue weighted by molar-refractivity contribution is 9.10. The molecular weight excluding hydrogens is 558 g/mol. The van der Waals surface area contributed by atoms with E-state index in [2.05, 4.69) is 55.7 Å². The van der Waals surface area contributed by atoms with E-state index in [1.807, 2.05) is 69.3 Å². The molecule has 1 amide bonds. The number of allylic oxidation sites excluding steroid dienone is 1. The molecule has 1 unspecified atom stereocenters. The van der Waals surface area contributed by atoms with E-state index in [4.69, 9.17) is 9.47 Å². The highest BCUT2D eigenvalue weighted by Gasteiger charge is 2.34. The Morgan fingerprint density at radius 3 is 2.59 bits per heavy atom. The largest absolute Gasteiger partial charge is 0.490 e. The maximum absolute atomic E-state index is 13.7. The topological polar surface area (TPSA) is 90.3 Å². The Hall–Kier alpha value is -4.11.